The first-order chi connectivity index (χ1) is 9.47. The topological polar surface area (TPSA) is 40.6 Å². The molecule has 0 aromatic carbocycles. The molecule has 0 bridgehead atoms. The van der Waals surface area contributed by atoms with Gasteiger partial charge in [-0.25, -0.2) is 0 Å². The number of rotatable bonds is 3. The Morgan fingerprint density at radius 2 is 1.80 bits per heavy atom. The Labute approximate surface area is 128 Å². The monoisotopic (exact) mass is 314 g/mol. The van der Waals surface area contributed by atoms with Crippen LogP contribution in [0.3, 0.4) is 0 Å². The summed E-state index contributed by atoms with van der Waals surface area (Å²) in [5.41, 5.74) is 0. The fourth-order valence-electron chi connectivity index (χ4n) is 2.22. The van der Waals surface area contributed by atoms with Crippen molar-refractivity contribution in [3.05, 3.63) is 21.3 Å². The van der Waals surface area contributed by atoms with Crippen LogP contribution in [-0.4, -0.2) is 47.8 Å². The lowest BCUT2D eigenvalue weighted by molar-refractivity contribution is -0.133. The molecule has 2 heterocycles. The number of carbonyl (C=O) groups excluding carboxylic acids is 2. The summed E-state index contributed by atoms with van der Waals surface area (Å²) in [6.45, 7) is 6.51. The fourth-order valence-corrected chi connectivity index (χ4v) is 3.23. The second-order valence-electron chi connectivity index (χ2n) is 5.37. The maximum Gasteiger partial charge on any atom is 0.264 e. The first-order valence-corrected chi connectivity index (χ1v) is 7.99. The number of nitrogens with zero attached hydrogens (tertiary/aromatic N) is 2. The molecule has 1 aromatic rings. The number of thiophene rings is 1. The molecule has 6 heteroatoms. The van der Waals surface area contributed by atoms with Crippen molar-refractivity contribution in [2.24, 2.45) is 5.92 Å². The van der Waals surface area contributed by atoms with E-state index >= 15 is 0 Å². The van der Waals surface area contributed by atoms with Gasteiger partial charge in [0.25, 0.3) is 5.91 Å². The van der Waals surface area contributed by atoms with Crippen molar-refractivity contribution in [2.45, 2.75) is 20.3 Å². The second kappa shape index (κ2) is 6.59. The van der Waals surface area contributed by atoms with Crippen LogP contribution in [0.15, 0.2) is 12.1 Å². The molecule has 0 saturated carbocycles. The lowest BCUT2D eigenvalue weighted by atomic mass is 10.1. The molecule has 4 nitrogen and oxygen atoms in total. The summed E-state index contributed by atoms with van der Waals surface area (Å²) in [6.07, 6.45) is 0.578. The van der Waals surface area contributed by atoms with Crippen LogP contribution in [0.4, 0.5) is 0 Å². The zero-order valence-electron chi connectivity index (χ0n) is 11.8. The number of halogens is 1. The van der Waals surface area contributed by atoms with Gasteiger partial charge in [0.05, 0.1) is 9.21 Å². The summed E-state index contributed by atoms with van der Waals surface area (Å²) in [5.74, 6) is 0.569. The Balaban J connectivity index is 1.88. The summed E-state index contributed by atoms with van der Waals surface area (Å²) >= 11 is 7.15. The fraction of sp³-hybridized carbons (Fsp3) is 0.571. The van der Waals surface area contributed by atoms with Crippen molar-refractivity contribution in [1.29, 1.82) is 0 Å². The van der Waals surface area contributed by atoms with Crippen LogP contribution < -0.4 is 0 Å². The van der Waals surface area contributed by atoms with Crippen LogP contribution in [0.25, 0.3) is 0 Å². The first kappa shape index (κ1) is 15.3. The van der Waals surface area contributed by atoms with E-state index in [2.05, 4.69) is 0 Å². The van der Waals surface area contributed by atoms with Gasteiger partial charge >= 0.3 is 0 Å². The van der Waals surface area contributed by atoms with Crippen LogP contribution in [0.1, 0.15) is 29.9 Å². The van der Waals surface area contributed by atoms with E-state index in [0.717, 1.165) is 0 Å². The molecule has 2 amide bonds. The summed E-state index contributed by atoms with van der Waals surface area (Å²) in [5, 5.41) is 0. The van der Waals surface area contributed by atoms with Crippen molar-refractivity contribution in [3.8, 4) is 0 Å². The minimum Gasteiger partial charge on any atom is -0.339 e. The number of piperazine rings is 1. The van der Waals surface area contributed by atoms with Crippen LogP contribution in [-0.2, 0) is 4.79 Å². The van der Waals surface area contributed by atoms with Gasteiger partial charge in [0.15, 0.2) is 0 Å². The molecular formula is C14H19ClN2O2S. The minimum atomic E-state index is 0.0119. The van der Waals surface area contributed by atoms with Gasteiger partial charge < -0.3 is 9.80 Å². The molecule has 0 unspecified atom stereocenters. The molecule has 0 spiro atoms. The van der Waals surface area contributed by atoms with E-state index in [9.17, 15) is 9.59 Å². The van der Waals surface area contributed by atoms with Gasteiger partial charge in [-0.2, -0.15) is 0 Å². The van der Waals surface area contributed by atoms with E-state index in [1.807, 2.05) is 18.7 Å². The van der Waals surface area contributed by atoms with E-state index in [0.29, 0.717) is 47.7 Å². The van der Waals surface area contributed by atoms with Gasteiger partial charge in [-0.3, -0.25) is 9.59 Å². The molecule has 0 aliphatic carbocycles. The van der Waals surface area contributed by atoms with Crippen molar-refractivity contribution in [2.75, 3.05) is 26.2 Å². The third kappa shape index (κ3) is 3.73. The summed E-state index contributed by atoms with van der Waals surface area (Å²) in [6, 6.07) is 3.49. The molecule has 1 saturated heterocycles. The van der Waals surface area contributed by atoms with Gasteiger partial charge in [-0.15, -0.1) is 11.3 Å². The van der Waals surface area contributed by atoms with Crippen molar-refractivity contribution in [3.63, 3.8) is 0 Å². The highest BCUT2D eigenvalue weighted by molar-refractivity contribution is 7.17. The number of hydrogen-bond donors (Lipinski definition) is 0. The average Bonchev–Trinajstić information content (AvgIpc) is 2.84. The van der Waals surface area contributed by atoms with Gasteiger partial charge in [0.2, 0.25) is 5.91 Å². The summed E-state index contributed by atoms with van der Waals surface area (Å²) in [4.78, 5) is 28.5. The molecule has 1 aromatic heterocycles. The third-order valence-electron chi connectivity index (χ3n) is 3.29. The first-order valence-electron chi connectivity index (χ1n) is 6.79. The van der Waals surface area contributed by atoms with E-state index in [1.54, 1.807) is 17.0 Å². The van der Waals surface area contributed by atoms with E-state index in [-0.39, 0.29) is 11.8 Å². The number of amides is 2. The maximum atomic E-state index is 12.2. The largest absolute Gasteiger partial charge is 0.339 e. The Morgan fingerprint density at radius 3 is 2.30 bits per heavy atom. The predicted molar refractivity (Wildman–Crippen MR) is 81.3 cm³/mol. The van der Waals surface area contributed by atoms with E-state index in [1.165, 1.54) is 11.3 Å². The van der Waals surface area contributed by atoms with E-state index < -0.39 is 0 Å². The molecule has 1 aliphatic rings. The summed E-state index contributed by atoms with van der Waals surface area (Å²) < 4.78 is 0.624. The second-order valence-corrected chi connectivity index (χ2v) is 7.09. The van der Waals surface area contributed by atoms with Crippen molar-refractivity contribution >= 4 is 34.8 Å². The molecular weight excluding hydrogens is 296 g/mol. The lowest BCUT2D eigenvalue weighted by Crippen LogP contribution is -2.50. The third-order valence-corrected chi connectivity index (χ3v) is 4.51. The highest BCUT2D eigenvalue weighted by Gasteiger charge is 2.25. The lowest BCUT2D eigenvalue weighted by Gasteiger charge is -2.35. The Morgan fingerprint density at radius 1 is 1.20 bits per heavy atom. The standard InChI is InChI=1S/C14H19ClN2O2S/c1-10(2)9-13(18)16-5-7-17(8-6-16)14(19)11-3-4-12(15)20-11/h3-4,10H,5-9H2,1-2H3. The molecule has 20 heavy (non-hydrogen) atoms. The predicted octanol–water partition coefficient (Wildman–Crippen LogP) is 2.73. The molecule has 0 N–H and O–H groups in total. The quantitative estimate of drug-likeness (QED) is 0.860. The van der Waals surface area contributed by atoms with Crippen LogP contribution in [0.2, 0.25) is 4.34 Å². The molecule has 2 rings (SSSR count). The van der Waals surface area contributed by atoms with Gasteiger partial charge in [-0.1, -0.05) is 25.4 Å². The Bertz CT molecular complexity index is 493. The zero-order chi connectivity index (χ0) is 14.7. The maximum absolute atomic E-state index is 12.2. The number of carbonyl (C=O) groups is 2. The van der Waals surface area contributed by atoms with E-state index in [4.69, 9.17) is 11.6 Å². The van der Waals surface area contributed by atoms with Crippen LogP contribution >= 0.6 is 22.9 Å². The Kier molecular flexibility index (Phi) is 5.05. The molecule has 1 aliphatic heterocycles. The zero-order valence-corrected chi connectivity index (χ0v) is 13.3. The number of hydrogen-bond acceptors (Lipinski definition) is 3. The molecule has 0 radical (unpaired) electrons. The van der Waals surface area contributed by atoms with Crippen molar-refractivity contribution in [1.82, 2.24) is 9.80 Å². The minimum absolute atomic E-state index is 0.0119. The highest BCUT2D eigenvalue weighted by Crippen LogP contribution is 2.23. The normalized spacial score (nSPS) is 15.8. The van der Waals surface area contributed by atoms with Crippen LogP contribution in [0, 0.1) is 5.92 Å². The molecule has 0 atom stereocenters. The highest BCUT2D eigenvalue weighted by atomic mass is 35.5. The molecule has 110 valence electrons. The Hall–Kier alpha value is -1.07. The average molecular weight is 315 g/mol. The van der Waals surface area contributed by atoms with Crippen molar-refractivity contribution < 1.29 is 9.59 Å². The summed E-state index contributed by atoms with van der Waals surface area (Å²) in [7, 11) is 0. The van der Waals surface area contributed by atoms with Gasteiger partial charge in [-0.05, 0) is 18.1 Å². The van der Waals surface area contributed by atoms with Gasteiger partial charge in [0.1, 0.15) is 0 Å². The van der Waals surface area contributed by atoms with Gasteiger partial charge in [0, 0.05) is 32.6 Å². The van der Waals surface area contributed by atoms with Crippen LogP contribution in [0.5, 0.6) is 0 Å². The smallest absolute Gasteiger partial charge is 0.264 e. The SMILES string of the molecule is CC(C)CC(=O)N1CCN(C(=O)c2ccc(Cl)s2)CC1. The molecule has 1 fully saturated rings.